The number of aromatic nitrogens is 2. The van der Waals surface area contributed by atoms with Crippen LogP contribution in [-0.4, -0.2) is 63.4 Å². The Bertz CT molecular complexity index is 3090. The molecule has 5 N–H and O–H groups in total. The van der Waals surface area contributed by atoms with E-state index in [2.05, 4.69) is 36.2 Å². The number of carbonyl (C=O) groups excluding carboxylic acids is 2. The van der Waals surface area contributed by atoms with E-state index in [0.29, 0.717) is 32.6 Å². The monoisotopic (exact) mass is 1110 g/mol. The van der Waals surface area contributed by atoms with Crippen molar-refractivity contribution < 1.29 is 70.2 Å². The normalized spacial score (nSPS) is 13.8. The fourth-order valence-corrected chi connectivity index (χ4v) is 8.31. The number of likely N-dealkylation sites (N-methyl/N-ethyl adjacent to an activating group) is 2. The number of benzene rings is 6. The molecule has 10 nitrogen and oxygen atoms in total. The third-order valence-corrected chi connectivity index (χ3v) is 12.3. The fraction of sp³-hybridized carbons (Fsp3) is 0.182. The predicted molar refractivity (Wildman–Crippen MR) is 276 cm³/mol. The van der Waals surface area contributed by atoms with E-state index in [1.54, 1.807) is 58.8 Å². The molecule has 374 valence electrons. The van der Waals surface area contributed by atoms with E-state index in [1.165, 1.54) is 62.9 Å². The van der Waals surface area contributed by atoms with Crippen molar-refractivity contribution >= 4 is 73.7 Å². The molecule has 2 aromatic heterocycles. The van der Waals surface area contributed by atoms with Gasteiger partial charge in [-0.3, -0.25) is 9.59 Å². The summed E-state index contributed by atoms with van der Waals surface area (Å²) in [4.78, 5) is 33.2. The van der Waals surface area contributed by atoms with Crippen LogP contribution in [0.3, 0.4) is 0 Å². The van der Waals surface area contributed by atoms with Crippen molar-refractivity contribution in [1.29, 1.82) is 0 Å². The zero-order valence-electron chi connectivity index (χ0n) is 40.4. The smallest absolute Gasteiger partial charge is 0.870 e. The van der Waals surface area contributed by atoms with Crippen LogP contribution in [0.5, 0.6) is 0 Å². The zero-order valence-corrected chi connectivity index (χ0v) is 42.6. The number of carbonyl (C=O) groups is 3. The number of Topliss-reactive ketones (excluding diaryl/α,β-unsaturated/α-hetero) is 2. The number of fused-ring (bicyclic) bond motifs is 3. The second-order valence-corrected chi connectivity index (χ2v) is 17.6. The summed E-state index contributed by atoms with van der Waals surface area (Å²) in [5.74, 6) is -6.09. The van der Waals surface area contributed by atoms with Crippen LogP contribution in [0.1, 0.15) is 76.2 Å². The summed E-state index contributed by atoms with van der Waals surface area (Å²) in [6.07, 6.45) is 13.6. The first-order valence-corrected chi connectivity index (χ1v) is 23.4. The largest absolute Gasteiger partial charge is 1.00 e. The second kappa shape index (κ2) is 27.5. The summed E-state index contributed by atoms with van der Waals surface area (Å²) < 4.78 is 80.9. The van der Waals surface area contributed by atoms with Crippen molar-refractivity contribution in [2.24, 2.45) is 0 Å². The Morgan fingerprint density at radius 3 is 1.47 bits per heavy atom. The zero-order chi connectivity index (χ0) is 51.4. The minimum atomic E-state index is -1.01. The Morgan fingerprint density at radius 2 is 1.03 bits per heavy atom. The van der Waals surface area contributed by atoms with Crippen molar-refractivity contribution in [2.45, 2.75) is 51.6 Å². The van der Waals surface area contributed by atoms with E-state index < -0.39 is 40.9 Å². The van der Waals surface area contributed by atoms with Gasteiger partial charge in [-0.15, -0.1) is 0 Å². The molecule has 0 amide bonds. The van der Waals surface area contributed by atoms with Gasteiger partial charge in [-0.2, -0.15) is 5.32 Å². The molecule has 1 fully saturated rings. The average molecular weight is 1110 g/mol. The van der Waals surface area contributed by atoms with Crippen LogP contribution in [0.25, 0.3) is 39.3 Å². The maximum absolute atomic E-state index is 13.3. The van der Waals surface area contributed by atoms with Crippen molar-refractivity contribution in [3.8, 4) is 11.4 Å². The molecule has 10 rings (SSSR count). The molecule has 1 aliphatic heterocycles. The molecule has 0 radical (unpaired) electrons. The van der Waals surface area contributed by atoms with Gasteiger partial charge in [-0.05, 0) is 160 Å². The summed E-state index contributed by atoms with van der Waals surface area (Å²) >= 11 is 1.92. The third-order valence-electron chi connectivity index (χ3n) is 11.7. The first-order valence-electron chi connectivity index (χ1n) is 22.3. The number of anilines is 1. The molecule has 18 heteroatoms. The van der Waals surface area contributed by atoms with E-state index in [1.807, 2.05) is 52.9 Å². The number of halogens is 7. The van der Waals surface area contributed by atoms with Gasteiger partial charge in [0.25, 0.3) is 0 Å². The molecule has 2 atom stereocenters. The van der Waals surface area contributed by atoms with E-state index in [4.69, 9.17) is 5.11 Å². The maximum atomic E-state index is 13.3. The van der Waals surface area contributed by atoms with E-state index in [9.17, 15) is 40.7 Å². The van der Waals surface area contributed by atoms with Crippen LogP contribution in [0.2, 0.25) is 0 Å². The SMILES string of the molecule is CC(=O)c1ccc2c(c1)C=[C+]N2.CC(=O)c1ccc2c(ccn2-c2ccc(F)c(F)c2)c1.CN[C@@H]1CCCC[C@H]1NC.Fc1ccc(I)cc1F.O=C(O)c1ccc2c(ccn2-c2ccc(F)c(F)c2)c1.[Li+].[OH-]. The van der Waals surface area contributed by atoms with Crippen LogP contribution in [0.15, 0.2) is 134 Å². The Kier molecular flexibility index (Phi) is 22.2. The number of aromatic carboxylic acids is 1. The van der Waals surface area contributed by atoms with Crippen molar-refractivity contribution in [3.05, 3.63) is 201 Å². The van der Waals surface area contributed by atoms with Crippen LogP contribution in [0, 0.1) is 44.7 Å². The topological polar surface area (TPSA) is 147 Å². The van der Waals surface area contributed by atoms with Gasteiger partial charge in [-0.25, -0.2) is 31.1 Å². The van der Waals surface area contributed by atoms with Gasteiger partial charge in [0.2, 0.25) is 0 Å². The van der Waals surface area contributed by atoms with Crippen LogP contribution < -0.4 is 34.8 Å². The van der Waals surface area contributed by atoms with Crippen LogP contribution in [-0.2, 0) is 0 Å². The van der Waals surface area contributed by atoms with Gasteiger partial charge in [0, 0.05) is 85.6 Å². The minimum absolute atomic E-state index is 0. The number of carboxylic acids is 1. The van der Waals surface area contributed by atoms with Crippen LogP contribution in [0.4, 0.5) is 32.0 Å². The van der Waals surface area contributed by atoms with Crippen LogP contribution >= 0.6 is 22.6 Å². The number of ketones is 2. The molecule has 0 spiro atoms. The van der Waals surface area contributed by atoms with Gasteiger partial charge >= 0.3 is 24.8 Å². The molecule has 73 heavy (non-hydrogen) atoms. The molecule has 0 bridgehead atoms. The summed E-state index contributed by atoms with van der Waals surface area (Å²) in [5.41, 5.74) is 6.16. The summed E-state index contributed by atoms with van der Waals surface area (Å²) in [7, 11) is 4.11. The first kappa shape index (κ1) is 59.0. The van der Waals surface area contributed by atoms with Gasteiger partial charge in [-0.1, -0.05) is 12.8 Å². The third kappa shape index (κ3) is 15.5. The average Bonchev–Trinajstić information content (AvgIpc) is 4.14. The number of hydrogen-bond acceptors (Lipinski definition) is 7. The minimum Gasteiger partial charge on any atom is -0.870 e. The molecule has 0 saturated heterocycles. The quantitative estimate of drug-likeness (QED) is 0.0308. The summed E-state index contributed by atoms with van der Waals surface area (Å²) in [5, 5.41) is 20.2. The maximum Gasteiger partial charge on any atom is 1.00 e. The molecule has 3 heterocycles. The summed E-state index contributed by atoms with van der Waals surface area (Å²) in [6, 6.07) is 31.6. The number of nitrogens with one attached hydrogen (secondary N) is 3. The Hall–Kier alpha value is -6.55. The number of rotatable bonds is 7. The second-order valence-electron chi connectivity index (χ2n) is 16.4. The molecule has 2 aliphatic rings. The standard InChI is InChI=1S/C16H11F2NO.C15H9F2NO2.C10H7NO.C8H18N2.C6H3F2I.Li.H2O/c1-10(20)11-2-5-16-12(8-11)6-7-19(16)13-3-4-14(17)15(18)9-13;16-12-3-2-11(8-13(12)17)18-6-5-9-7-10(15(19)20)1-4-14(9)18;1-7(12)8-2-3-10-9(6-8)4-5-11-10;1-9-7-5-3-4-6-8(7)10-2;7-5-2-1-4(9)3-6(5)8;;/h2-9H,1H3;1-8H,(H,19,20);2-4,6H,1H3;7-10H,3-6H2,1-2H3;1-3H;;1H2/q;;;;;+1;/t;;;7-,8-;;;/m...1.../s1. The molecule has 8 aromatic rings. The van der Waals surface area contributed by atoms with E-state index in [-0.39, 0.29) is 41.5 Å². The van der Waals surface area contributed by atoms with Crippen molar-refractivity contribution in [3.63, 3.8) is 0 Å². The molecule has 6 aromatic carbocycles. The Labute approximate surface area is 444 Å². The van der Waals surface area contributed by atoms with Gasteiger partial charge in [0.05, 0.1) is 16.6 Å². The van der Waals surface area contributed by atoms with Crippen molar-refractivity contribution in [1.82, 2.24) is 19.8 Å². The van der Waals surface area contributed by atoms with Crippen molar-refractivity contribution in [2.75, 3.05) is 19.4 Å². The first-order chi connectivity index (χ1) is 34.0. The number of nitrogens with zero attached hydrogens (tertiary/aromatic N) is 2. The fourth-order valence-electron chi connectivity index (χ4n) is 7.86. The van der Waals surface area contributed by atoms with Gasteiger partial charge in [0.1, 0.15) is 12.3 Å². The molecule has 0 unspecified atom stereocenters. The van der Waals surface area contributed by atoms with Gasteiger partial charge < -0.3 is 30.4 Å². The van der Waals surface area contributed by atoms with E-state index >= 15 is 0 Å². The van der Waals surface area contributed by atoms with E-state index in [0.717, 1.165) is 75.0 Å². The predicted octanol–water partition coefficient (Wildman–Crippen LogP) is 9.94. The Balaban J connectivity index is 0.000000204. The van der Waals surface area contributed by atoms with Gasteiger partial charge in [0.15, 0.2) is 57.7 Å². The number of hydrogen-bond donors (Lipinski definition) is 4. The summed E-state index contributed by atoms with van der Waals surface area (Å²) in [6.45, 7) is 3.07. The molecule has 1 saturated carbocycles. The Morgan fingerprint density at radius 1 is 0.589 bits per heavy atom. The number of carboxylic acid groups (broad SMARTS) is 1. The molecular weight excluding hydrogens is 1060 g/mol. The molecule has 1 aliphatic carbocycles. The molecular formula is C55H50F6ILiN5O5+.